The van der Waals surface area contributed by atoms with Crippen LogP contribution in [0.15, 0.2) is 29.4 Å². The number of hydrogen-bond donors (Lipinski definition) is 3. The molecule has 2 heterocycles. The van der Waals surface area contributed by atoms with E-state index in [2.05, 4.69) is 38.6 Å². The molecular weight excluding hydrogens is 346 g/mol. The molecule has 0 saturated carbocycles. The van der Waals surface area contributed by atoms with Crippen molar-refractivity contribution in [1.29, 1.82) is 0 Å². The normalized spacial score (nSPS) is 17.0. The van der Waals surface area contributed by atoms with Gasteiger partial charge >= 0.3 is 0 Å². The molecule has 0 unspecified atom stereocenters. The summed E-state index contributed by atoms with van der Waals surface area (Å²) in [5.74, 6) is 0.900. The first kappa shape index (κ1) is 19.1. The van der Waals surface area contributed by atoms with Crippen LogP contribution in [0.25, 0.3) is 10.9 Å². The van der Waals surface area contributed by atoms with Gasteiger partial charge in [-0.05, 0) is 56.0 Å². The van der Waals surface area contributed by atoms with E-state index in [0.717, 1.165) is 29.5 Å². The molecule has 5 nitrogen and oxygen atoms in total. The van der Waals surface area contributed by atoms with Crippen LogP contribution in [-0.2, 0) is 6.42 Å². The molecule has 26 heavy (non-hydrogen) atoms. The SMILES string of the molecule is CCCN1CCC(NC(=NC)NCCc2c[nH]c3ccc(Cl)cc23)CC1. The average molecular weight is 376 g/mol. The summed E-state index contributed by atoms with van der Waals surface area (Å²) in [5, 5.41) is 9.00. The first-order chi connectivity index (χ1) is 12.7. The molecule has 1 aromatic carbocycles. The lowest BCUT2D eigenvalue weighted by atomic mass is 10.1. The van der Waals surface area contributed by atoms with E-state index >= 15 is 0 Å². The predicted molar refractivity (Wildman–Crippen MR) is 111 cm³/mol. The number of halogens is 1. The third-order valence-electron chi connectivity index (χ3n) is 5.11. The number of H-pyrrole nitrogens is 1. The van der Waals surface area contributed by atoms with Crippen molar-refractivity contribution in [2.45, 2.75) is 38.6 Å². The fraction of sp³-hybridized carbons (Fsp3) is 0.550. The molecule has 0 bridgehead atoms. The maximum Gasteiger partial charge on any atom is 0.191 e. The van der Waals surface area contributed by atoms with Crippen LogP contribution in [0.4, 0.5) is 0 Å². The monoisotopic (exact) mass is 375 g/mol. The minimum absolute atomic E-state index is 0.515. The van der Waals surface area contributed by atoms with Crippen molar-refractivity contribution < 1.29 is 0 Å². The molecule has 6 heteroatoms. The number of likely N-dealkylation sites (tertiary alicyclic amines) is 1. The second-order valence-electron chi connectivity index (χ2n) is 7.01. The van der Waals surface area contributed by atoms with Crippen LogP contribution in [0.1, 0.15) is 31.7 Å². The molecule has 3 rings (SSSR count). The Morgan fingerprint density at radius 2 is 2.15 bits per heavy atom. The number of piperidine rings is 1. The maximum atomic E-state index is 6.13. The molecule has 142 valence electrons. The van der Waals surface area contributed by atoms with Crippen LogP contribution in [0.3, 0.4) is 0 Å². The number of guanidine groups is 1. The molecule has 0 atom stereocenters. The lowest BCUT2D eigenvalue weighted by molar-refractivity contribution is 0.206. The van der Waals surface area contributed by atoms with Crippen molar-refractivity contribution in [3.8, 4) is 0 Å². The lowest BCUT2D eigenvalue weighted by Crippen LogP contribution is -2.49. The fourth-order valence-electron chi connectivity index (χ4n) is 3.68. The highest BCUT2D eigenvalue weighted by Gasteiger charge is 2.19. The van der Waals surface area contributed by atoms with Crippen molar-refractivity contribution in [2.24, 2.45) is 4.99 Å². The Morgan fingerprint density at radius 3 is 2.88 bits per heavy atom. The van der Waals surface area contributed by atoms with E-state index in [0.29, 0.717) is 6.04 Å². The number of hydrogen-bond acceptors (Lipinski definition) is 2. The van der Waals surface area contributed by atoms with Gasteiger partial charge in [0.25, 0.3) is 0 Å². The van der Waals surface area contributed by atoms with Crippen LogP contribution in [0.2, 0.25) is 5.02 Å². The van der Waals surface area contributed by atoms with E-state index in [1.807, 2.05) is 25.2 Å². The molecule has 1 aliphatic rings. The second kappa shape index (κ2) is 9.28. The zero-order valence-electron chi connectivity index (χ0n) is 15.8. The van der Waals surface area contributed by atoms with Gasteiger partial charge in [0.15, 0.2) is 5.96 Å². The topological polar surface area (TPSA) is 55.4 Å². The molecule has 1 aromatic heterocycles. The van der Waals surface area contributed by atoms with Crippen LogP contribution in [0.5, 0.6) is 0 Å². The third kappa shape index (κ3) is 4.92. The molecule has 0 spiro atoms. The van der Waals surface area contributed by atoms with Gasteiger partial charge in [-0.1, -0.05) is 18.5 Å². The molecule has 0 radical (unpaired) electrons. The molecular formula is C20H30ClN5. The second-order valence-corrected chi connectivity index (χ2v) is 7.45. The van der Waals surface area contributed by atoms with Crippen molar-refractivity contribution in [1.82, 2.24) is 20.5 Å². The third-order valence-corrected chi connectivity index (χ3v) is 5.34. The van der Waals surface area contributed by atoms with Crippen molar-refractivity contribution in [2.75, 3.05) is 33.2 Å². The number of benzene rings is 1. The van der Waals surface area contributed by atoms with Crippen LogP contribution < -0.4 is 10.6 Å². The highest BCUT2D eigenvalue weighted by molar-refractivity contribution is 6.31. The smallest absolute Gasteiger partial charge is 0.191 e. The summed E-state index contributed by atoms with van der Waals surface area (Å²) in [7, 11) is 1.84. The standard InChI is InChI=1S/C20H30ClN5/c1-3-10-26-11-7-17(8-12-26)25-20(22-2)23-9-6-15-14-24-19-5-4-16(21)13-18(15)19/h4-5,13-14,17,24H,3,6-12H2,1-2H3,(H2,22,23,25). The summed E-state index contributed by atoms with van der Waals surface area (Å²) < 4.78 is 0. The zero-order valence-corrected chi connectivity index (χ0v) is 16.6. The number of rotatable bonds is 6. The Bertz CT molecular complexity index is 731. The summed E-state index contributed by atoms with van der Waals surface area (Å²) in [4.78, 5) is 10.2. The fourth-order valence-corrected chi connectivity index (χ4v) is 3.85. The van der Waals surface area contributed by atoms with E-state index in [9.17, 15) is 0 Å². The summed E-state index contributed by atoms with van der Waals surface area (Å²) in [6, 6.07) is 6.49. The van der Waals surface area contributed by atoms with E-state index in [-0.39, 0.29) is 0 Å². The van der Waals surface area contributed by atoms with Crippen molar-refractivity contribution in [3.63, 3.8) is 0 Å². The predicted octanol–water partition coefficient (Wildman–Crippen LogP) is 3.40. The van der Waals surface area contributed by atoms with Crippen LogP contribution >= 0.6 is 11.6 Å². The largest absolute Gasteiger partial charge is 0.361 e. The first-order valence-electron chi connectivity index (χ1n) is 9.64. The highest BCUT2D eigenvalue weighted by atomic mass is 35.5. The van der Waals surface area contributed by atoms with Gasteiger partial charge in [0.05, 0.1) is 0 Å². The molecule has 2 aromatic rings. The van der Waals surface area contributed by atoms with Crippen molar-refractivity contribution >= 4 is 28.5 Å². The van der Waals surface area contributed by atoms with Gasteiger partial charge in [-0.2, -0.15) is 0 Å². The molecule has 1 saturated heterocycles. The Morgan fingerprint density at radius 1 is 1.35 bits per heavy atom. The van der Waals surface area contributed by atoms with Gasteiger partial charge in [0.1, 0.15) is 0 Å². The minimum Gasteiger partial charge on any atom is -0.361 e. The molecule has 0 amide bonds. The number of nitrogens with one attached hydrogen (secondary N) is 3. The maximum absolute atomic E-state index is 6.13. The number of aliphatic imine (C=N–C) groups is 1. The van der Waals surface area contributed by atoms with Crippen molar-refractivity contribution in [3.05, 3.63) is 35.0 Å². The average Bonchev–Trinajstić information content (AvgIpc) is 3.05. The van der Waals surface area contributed by atoms with E-state index in [1.54, 1.807) is 0 Å². The molecule has 3 N–H and O–H groups in total. The zero-order chi connectivity index (χ0) is 18.4. The number of aromatic nitrogens is 1. The number of fused-ring (bicyclic) bond motifs is 1. The first-order valence-corrected chi connectivity index (χ1v) is 10.0. The number of nitrogens with zero attached hydrogens (tertiary/aromatic N) is 2. The number of aromatic amines is 1. The van der Waals surface area contributed by atoms with Gasteiger partial charge in [0, 0.05) is 54.8 Å². The van der Waals surface area contributed by atoms with Gasteiger partial charge < -0.3 is 20.5 Å². The van der Waals surface area contributed by atoms with E-state index < -0.39 is 0 Å². The highest BCUT2D eigenvalue weighted by Crippen LogP contribution is 2.22. The Hall–Kier alpha value is -1.72. The van der Waals surface area contributed by atoms with Gasteiger partial charge in [-0.3, -0.25) is 4.99 Å². The van der Waals surface area contributed by atoms with Crippen LogP contribution in [-0.4, -0.2) is 55.1 Å². The summed E-state index contributed by atoms with van der Waals surface area (Å²) in [6.07, 6.45) is 6.60. The van der Waals surface area contributed by atoms with E-state index in [1.165, 1.54) is 49.8 Å². The van der Waals surface area contributed by atoms with E-state index in [4.69, 9.17) is 11.6 Å². The van der Waals surface area contributed by atoms with Gasteiger partial charge in [0.2, 0.25) is 0 Å². The minimum atomic E-state index is 0.515. The molecule has 1 aliphatic heterocycles. The Labute approximate surface area is 161 Å². The van der Waals surface area contributed by atoms with Gasteiger partial charge in [-0.25, -0.2) is 0 Å². The lowest BCUT2D eigenvalue weighted by Gasteiger charge is -2.32. The Kier molecular flexibility index (Phi) is 6.80. The molecule has 1 fully saturated rings. The molecule has 0 aliphatic carbocycles. The Balaban J connectivity index is 1.46. The summed E-state index contributed by atoms with van der Waals surface area (Å²) >= 11 is 6.13. The van der Waals surface area contributed by atoms with Gasteiger partial charge in [-0.15, -0.1) is 0 Å². The summed E-state index contributed by atoms with van der Waals surface area (Å²) in [5.41, 5.74) is 2.41. The quantitative estimate of drug-likeness (QED) is 0.535. The summed E-state index contributed by atoms with van der Waals surface area (Å²) in [6.45, 7) is 6.66. The van der Waals surface area contributed by atoms with Crippen LogP contribution in [0, 0.1) is 0 Å².